The molecule has 4 aliphatic heterocycles. The van der Waals surface area contributed by atoms with E-state index in [9.17, 15) is 0 Å². The van der Waals surface area contributed by atoms with E-state index in [0.29, 0.717) is 0 Å². The summed E-state index contributed by atoms with van der Waals surface area (Å²) >= 11 is 0. The first-order chi connectivity index (χ1) is 19.1. The summed E-state index contributed by atoms with van der Waals surface area (Å²) in [5.41, 5.74) is 9.31. The third-order valence-electron chi connectivity index (χ3n) is 10.2. The van der Waals surface area contributed by atoms with Crippen LogP contribution in [0.3, 0.4) is 0 Å². The molecule has 4 aliphatic rings. The van der Waals surface area contributed by atoms with Crippen LogP contribution in [0, 0.1) is 0 Å². The normalized spacial score (nSPS) is 22.2. The highest BCUT2D eigenvalue weighted by atomic mass is 28.3. The van der Waals surface area contributed by atoms with E-state index in [4.69, 9.17) is 0 Å². The minimum atomic E-state index is -2.02. The van der Waals surface area contributed by atoms with Gasteiger partial charge in [-0.2, -0.15) is 4.57 Å². The molecule has 0 saturated heterocycles. The predicted molar refractivity (Wildman–Crippen MR) is 161 cm³/mol. The average molecular weight is 520 g/mol. The molecule has 0 amide bonds. The quantitative estimate of drug-likeness (QED) is 0.201. The van der Waals surface area contributed by atoms with Crippen molar-refractivity contribution in [2.45, 2.75) is 24.8 Å². The van der Waals surface area contributed by atoms with Crippen LogP contribution in [0.25, 0.3) is 27.6 Å². The van der Waals surface area contributed by atoms with Crippen LogP contribution in [0.1, 0.15) is 11.1 Å². The molecule has 10 rings (SSSR count). The summed E-state index contributed by atoms with van der Waals surface area (Å²) in [4.78, 5) is 5.19. The van der Waals surface area contributed by atoms with Gasteiger partial charge in [0.2, 0.25) is 5.54 Å². The number of para-hydroxylation sites is 3. The van der Waals surface area contributed by atoms with E-state index in [1.165, 1.54) is 55.8 Å². The number of hydrogen-bond acceptors (Lipinski definition) is 2. The number of rotatable bonds is 0. The lowest BCUT2D eigenvalue weighted by Gasteiger charge is -2.47. The van der Waals surface area contributed by atoms with Crippen LogP contribution >= 0.6 is 0 Å². The van der Waals surface area contributed by atoms with Crippen LogP contribution in [0.4, 0.5) is 17.1 Å². The standard InChI is InChI=1S/C34H27N4Si/c1-35-24-13-6-7-14-25(24)37-26-15-10-16-27-30(26)34(33(35)37)31-28(39(27,2)3)19-18-22-21-11-4-5-12-23(21)38(32(22)31)29-17-8-9-20-36(29)34/h4-20,33H,1-3H3/q+1. The molecule has 6 heterocycles. The van der Waals surface area contributed by atoms with Gasteiger partial charge in [0, 0.05) is 29.4 Å². The fourth-order valence-electron chi connectivity index (χ4n) is 8.80. The Morgan fingerprint density at radius 3 is 2.33 bits per heavy atom. The topological polar surface area (TPSA) is 15.3 Å². The predicted octanol–water partition coefficient (Wildman–Crippen LogP) is 5.24. The van der Waals surface area contributed by atoms with E-state index < -0.39 is 8.07 Å². The number of fused-ring (bicyclic) bond motifs is 9. The Balaban J connectivity index is 1.52. The maximum atomic E-state index is 2.65. The minimum absolute atomic E-state index is 0.0958. The highest BCUT2D eigenvalue weighted by molar-refractivity contribution is 7.01. The fraction of sp³-hybridized carbons (Fsp3) is 0.147. The molecule has 0 saturated carbocycles. The third-order valence-corrected chi connectivity index (χ3v) is 13.7. The lowest BCUT2D eigenvalue weighted by atomic mass is 9.78. The summed E-state index contributed by atoms with van der Waals surface area (Å²) in [5.74, 6) is 1.24. The van der Waals surface area contributed by atoms with Gasteiger partial charge in [-0.3, -0.25) is 0 Å². The molecule has 4 nitrogen and oxygen atoms in total. The molecule has 4 aromatic carbocycles. The Morgan fingerprint density at radius 1 is 0.692 bits per heavy atom. The second-order valence-electron chi connectivity index (χ2n) is 12.1. The number of anilines is 3. The lowest BCUT2D eigenvalue weighted by molar-refractivity contribution is -0.740. The molecule has 2 aromatic heterocycles. The summed E-state index contributed by atoms with van der Waals surface area (Å²) in [6.45, 7) is 5.12. The van der Waals surface area contributed by atoms with E-state index in [1.54, 1.807) is 10.4 Å². The highest BCUT2D eigenvalue weighted by Crippen LogP contribution is 2.60. The van der Waals surface area contributed by atoms with Gasteiger partial charge in [-0.05, 0) is 46.8 Å². The van der Waals surface area contributed by atoms with Crippen molar-refractivity contribution in [2.75, 3.05) is 16.8 Å². The molecular weight excluding hydrogens is 492 g/mol. The number of likely N-dealkylation sites (N-methyl/N-ethyl adjacent to an activating group) is 1. The van der Waals surface area contributed by atoms with Crippen molar-refractivity contribution < 1.29 is 4.57 Å². The van der Waals surface area contributed by atoms with E-state index in [0.717, 1.165) is 0 Å². The summed E-state index contributed by atoms with van der Waals surface area (Å²) in [5, 5.41) is 5.83. The first-order valence-electron chi connectivity index (χ1n) is 13.9. The van der Waals surface area contributed by atoms with Crippen molar-refractivity contribution in [1.29, 1.82) is 0 Å². The third kappa shape index (κ3) is 1.94. The zero-order valence-corrected chi connectivity index (χ0v) is 23.2. The van der Waals surface area contributed by atoms with Crippen LogP contribution in [-0.2, 0) is 5.54 Å². The molecule has 0 radical (unpaired) electrons. The zero-order chi connectivity index (χ0) is 25.8. The Bertz CT molecular complexity index is 2110. The second-order valence-corrected chi connectivity index (χ2v) is 16.4. The molecule has 0 bridgehead atoms. The van der Waals surface area contributed by atoms with Crippen LogP contribution < -0.4 is 24.7 Å². The van der Waals surface area contributed by atoms with Crippen molar-refractivity contribution in [3.63, 3.8) is 0 Å². The summed E-state index contributed by atoms with van der Waals surface area (Å²) in [7, 11) is 0.278. The number of hydrogen-bond donors (Lipinski definition) is 0. The zero-order valence-electron chi connectivity index (χ0n) is 22.2. The molecule has 186 valence electrons. The van der Waals surface area contributed by atoms with Crippen LogP contribution in [0.15, 0.2) is 103 Å². The fourth-order valence-corrected chi connectivity index (χ4v) is 12.0. The number of nitrogens with zero attached hydrogens (tertiary/aromatic N) is 4. The number of pyridine rings is 1. The second kappa shape index (κ2) is 6.27. The van der Waals surface area contributed by atoms with Crippen LogP contribution in [-0.4, -0.2) is 25.9 Å². The molecule has 2 atom stereocenters. The van der Waals surface area contributed by atoms with Gasteiger partial charge in [-0.25, -0.2) is 4.57 Å². The monoisotopic (exact) mass is 519 g/mol. The van der Waals surface area contributed by atoms with Crippen molar-refractivity contribution in [2.24, 2.45) is 0 Å². The molecular formula is C34H27N4Si+. The molecule has 0 fully saturated rings. The maximum Gasteiger partial charge on any atom is 0.288 e. The largest absolute Gasteiger partial charge is 0.348 e. The van der Waals surface area contributed by atoms with E-state index >= 15 is 0 Å². The van der Waals surface area contributed by atoms with Gasteiger partial charge in [-0.1, -0.05) is 67.7 Å². The molecule has 2 unspecified atom stereocenters. The van der Waals surface area contributed by atoms with Crippen molar-refractivity contribution in [3.8, 4) is 5.82 Å². The molecule has 39 heavy (non-hydrogen) atoms. The SMILES string of the molecule is CN1c2ccccc2N2c3cccc4c3C3(c5c(ccc6c7ccccc7n(c56)-c5cccc[n+]53)[Si]4(C)C)C12. The summed E-state index contributed by atoms with van der Waals surface area (Å²) in [6, 6.07) is 36.7. The van der Waals surface area contributed by atoms with Crippen molar-refractivity contribution in [3.05, 3.63) is 114 Å². The van der Waals surface area contributed by atoms with Crippen molar-refractivity contribution >= 4 is 57.3 Å². The Labute approximate surface area is 228 Å². The average Bonchev–Trinajstić information content (AvgIpc) is 3.57. The van der Waals surface area contributed by atoms with E-state index in [-0.39, 0.29) is 11.7 Å². The lowest BCUT2D eigenvalue weighted by Crippen LogP contribution is -2.77. The van der Waals surface area contributed by atoms with Gasteiger partial charge >= 0.3 is 0 Å². The van der Waals surface area contributed by atoms with E-state index in [2.05, 4.69) is 142 Å². The van der Waals surface area contributed by atoms with E-state index in [1.807, 2.05) is 0 Å². The molecule has 0 aliphatic carbocycles. The number of benzene rings is 4. The van der Waals surface area contributed by atoms with Gasteiger partial charge in [0.1, 0.15) is 19.1 Å². The Hall–Kier alpha value is -4.35. The maximum absolute atomic E-state index is 2.65. The first-order valence-corrected chi connectivity index (χ1v) is 16.9. The van der Waals surface area contributed by atoms with Gasteiger partial charge in [0.25, 0.3) is 5.82 Å². The minimum Gasteiger partial charge on any atom is -0.348 e. The summed E-state index contributed by atoms with van der Waals surface area (Å²) in [6.07, 6.45) is 2.44. The Morgan fingerprint density at radius 2 is 1.44 bits per heavy atom. The Kier molecular flexibility index (Phi) is 3.31. The first kappa shape index (κ1) is 20.6. The molecule has 0 N–H and O–H groups in total. The smallest absolute Gasteiger partial charge is 0.288 e. The summed E-state index contributed by atoms with van der Waals surface area (Å²) < 4.78 is 5.18. The van der Waals surface area contributed by atoms with Gasteiger partial charge < -0.3 is 9.80 Å². The molecule has 1 spiro atoms. The van der Waals surface area contributed by atoms with Gasteiger partial charge in [-0.15, -0.1) is 0 Å². The van der Waals surface area contributed by atoms with Crippen LogP contribution in [0.2, 0.25) is 13.1 Å². The molecule has 5 heteroatoms. The van der Waals surface area contributed by atoms with Crippen LogP contribution in [0.5, 0.6) is 0 Å². The van der Waals surface area contributed by atoms with Crippen molar-refractivity contribution in [1.82, 2.24) is 4.57 Å². The van der Waals surface area contributed by atoms with Gasteiger partial charge in [0.05, 0.1) is 28.8 Å². The highest BCUT2D eigenvalue weighted by Gasteiger charge is 2.69. The van der Waals surface area contributed by atoms with Gasteiger partial charge in [0.15, 0.2) is 6.17 Å². The molecule has 6 aromatic rings. The number of aromatic nitrogens is 2.